The van der Waals surface area contributed by atoms with Crippen LogP contribution >= 0.6 is 0 Å². The number of fused-ring (bicyclic) bond motifs is 4. The second-order valence-electron chi connectivity index (χ2n) is 7.07. The van der Waals surface area contributed by atoms with E-state index in [4.69, 9.17) is 0 Å². The van der Waals surface area contributed by atoms with E-state index in [-0.39, 0.29) is 6.04 Å². The Hall–Kier alpha value is -2.37. The van der Waals surface area contributed by atoms with E-state index in [1.54, 1.807) is 10.4 Å². The molecule has 2 aromatic carbocycles. The predicted octanol–water partition coefficient (Wildman–Crippen LogP) is 3.82. The smallest absolute Gasteiger partial charge is 0.243 e. The van der Waals surface area contributed by atoms with Crippen LogP contribution in [0.5, 0.6) is 0 Å². The second-order valence-corrected chi connectivity index (χ2v) is 8.96. The normalized spacial score (nSPS) is 19.0. The molecule has 1 aliphatic carbocycles. The third-order valence-corrected chi connectivity index (χ3v) is 7.62. The molecule has 5 rings (SSSR count). The van der Waals surface area contributed by atoms with Crippen molar-refractivity contribution in [3.05, 3.63) is 77.6 Å². The summed E-state index contributed by atoms with van der Waals surface area (Å²) in [5, 5.41) is 0. The van der Waals surface area contributed by atoms with Gasteiger partial charge in [0, 0.05) is 25.0 Å². The zero-order chi connectivity index (χ0) is 17.9. The van der Waals surface area contributed by atoms with E-state index >= 15 is 0 Å². The number of hydrogen-bond donors (Lipinski definition) is 0. The lowest BCUT2D eigenvalue weighted by Gasteiger charge is -2.34. The minimum atomic E-state index is -3.52. The summed E-state index contributed by atoms with van der Waals surface area (Å²) < 4.78 is 30.4. The first-order chi connectivity index (χ1) is 12.6. The van der Waals surface area contributed by atoms with Gasteiger partial charge in [0.2, 0.25) is 10.0 Å². The first-order valence-electron chi connectivity index (χ1n) is 8.94. The van der Waals surface area contributed by atoms with Gasteiger partial charge >= 0.3 is 0 Å². The number of rotatable bonds is 2. The lowest BCUT2D eigenvalue weighted by Crippen LogP contribution is -2.40. The molecule has 3 aromatic rings. The van der Waals surface area contributed by atoms with Gasteiger partial charge in [-0.25, -0.2) is 8.42 Å². The summed E-state index contributed by atoms with van der Waals surface area (Å²) in [6.45, 7) is 3.16. The van der Waals surface area contributed by atoms with E-state index in [1.807, 2.05) is 49.5 Å². The maximum Gasteiger partial charge on any atom is 0.243 e. The predicted molar refractivity (Wildman–Crippen MR) is 101 cm³/mol. The highest BCUT2D eigenvalue weighted by atomic mass is 32.2. The Morgan fingerprint density at radius 2 is 1.73 bits per heavy atom. The molecule has 1 aliphatic heterocycles. The second kappa shape index (κ2) is 5.56. The third kappa shape index (κ3) is 2.20. The molecule has 2 aliphatic rings. The molecule has 26 heavy (non-hydrogen) atoms. The molecule has 0 amide bonds. The van der Waals surface area contributed by atoms with Crippen molar-refractivity contribution in [1.29, 1.82) is 0 Å². The molecule has 0 fully saturated rings. The molecule has 2 heterocycles. The van der Waals surface area contributed by atoms with Gasteiger partial charge in [0.15, 0.2) is 0 Å². The Morgan fingerprint density at radius 3 is 2.62 bits per heavy atom. The molecule has 1 atom stereocenters. The van der Waals surface area contributed by atoms with Crippen molar-refractivity contribution in [3.63, 3.8) is 0 Å². The quantitative estimate of drug-likeness (QED) is 0.543. The van der Waals surface area contributed by atoms with Gasteiger partial charge in [-0.15, -0.1) is 0 Å². The minimum Gasteiger partial charge on any atom is -0.349 e. The number of benzene rings is 2. The lowest BCUT2D eigenvalue weighted by atomic mass is 10.1. The minimum absolute atomic E-state index is 0.158. The molecule has 1 unspecified atom stereocenters. The zero-order valence-electron chi connectivity index (χ0n) is 14.6. The van der Waals surface area contributed by atoms with E-state index in [1.165, 1.54) is 11.1 Å². The molecule has 4 nitrogen and oxygen atoms in total. The van der Waals surface area contributed by atoms with Gasteiger partial charge in [0.05, 0.1) is 10.9 Å². The molecule has 0 radical (unpaired) electrons. The van der Waals surface area contributed by atoms with Crippen LogP contribution in [0.2, 0.25) is 0 Å². The summed E-state index contributed by atoms with van der Waals surface area (Å²) in [5.41, 5.74) is 5.78. The lowest BCUT2D eigenvalue weighted by molar-refractivity contribution is 0.282. The molecule has 0 N–H and O–H groups in total. The summed E-state index contributed by atoms with van der Waals surface area (Å²) in [6, 6.07) is 17.7. The van der Waals surface area contributed by atoms with Crippen LogP contribution < -0.4 is 0 Å². The van der Waals surface area contributed by atoms with Crippen LogP contribution in [0.1, 0.15) is 29.8 Å². The van der Waals surface area contributed by atoms with Crippen LogP contribution in [0, 0.1) is 0 Å². The van der Waals surface area contributed by atoms with Gasteiger partial charge in [0.25, 0.3) is 0 Å². The fourth-order valence-electron chi connectivity index (χ4n) is 4.30. The van der Waals surface area contributed by atoms with Crippen molar-refractivity contribution < 1.29 is 8.42 Å². The maximum atomic E-state index is 13.3. The molecule has 0 saturated heterocycles. The summed E-state index contributed by atoms with van der Waals surface area (Å²) in [5.74, 6) is 0. The molecule has 5 heteroatoms. The number of sulfonamides is 1. The van der Waals surface area contributed by atoms with Gasteiger partial charge in [-0.3, -0.25) is 0 Å². The third-order valence-electron chi connectivity index (χ3n) is 5.66. The van der Waals surface area contributed by atoms with Crippen LogP contribution in [0.4, 0.5) is 0 Å². The number of aromatic nitrogens is 1. The van der Waals surface area contributed by atoms with Crippen LogP contribution in [0.15, 0.2) is 65.7 Å². The molecule has 132 valence electrons. The number of hydrogen-bond acceptors (Lipinski definition) is 2. The van der Waals surface area contributed by atoms with Gasteiger partial charge < -0.3 is 4.57 Å². The Morgan fingerprint density at radius 1 is 0.923 bits per heavy atom. The van der Waals surface area contributed by atoms with Gasteiger partial charge in [-0.2, -0.15) is 4.31 Å². The Labute approximate surface area is 153 Å². The van der Waals surface area contributed by atoms with Crippen LogP contribution in [0.25, 0.3) is 11.1 Å². The summed E-state index contributed by atoms with van der Waals surface area (Å²) in [7, 11) is -3.52. The Balaban J connectivity index is 1.54. The SMILES string of the molecule is CC1c2cccn2CCN1S(=O)(=O)c1ccc2c(c1)Cc1ccccc1-2. The summed E-state index contributed by atoms with van der Waals surface area (Å²) in [4.78, 5) is 0.399. The highest BCUT2D eigenvalue weighted by molar-refractivity contribution is 7.89. The van der Waals surface area contributed by atoms with Crippen molar-refractivity contribution in [2.24, 2.45) is 0 Å². The van der Waals surface area contributed by atoms with E-state index in [2.05, 4.69) is 16.7 Å². The van der Waals surface area contributed by atoms with Crippen molar-refractivity contribution in [3.8, 4) is 11.1 Å². The maximum absolute atomic E-state index is 13.3. The van der Waals surface area contributed by atoms with Crippen LogP contribution in [-0.2, 0) is 23.0 Å². The largest absolute Gasteiger partial charge is 0.349 e. The Kier molecular flexibility index (Phi) is 3.39. The zero-order valence-corrected chi connectivity index (χ0v) is 15.4. The molecule has 0 bridgehead atoms. The fraction of sp³-hybridized carbons (Fsp3) is 0.238. The highest BCUT2D eigenvalue weighted by Gasteiger charge is 2.34. The molecule has 0 spiro atoms. The topological polar surface area (TPSA) is 42.3 Å². The first kappa shape index (κ1) is 15.9. The van der Waals surface area contributed by atoms with Crippen molar-refractivity contribution in [2.75, 3.05) is 6.54 Å². The molecule has 0 saturated carbocycles. The van der Waals surface area contributed by atoms with Crippen molar-refractivity contribution in [1.82, 2.24) is 8.87 Å². The monoisotopic (exact) mass is 364 g/mol. The number of nitrogens with zero attached hydrogens (tertiary/aromatic N) is 2. The summed E-state index contributed by atoms with van der Waals surface area (Å²) in [6.07, 6.45) is 2.82. The van der Waals surface area contributed by atoms with E-state index in [0.717, 1.165) is 23.2 Å². The molecular formula is C21H20N2O2S. The first-order valence-corrected chi connectivity index (χ1v) is 10.4. The van der Waals surface area contributed by atoms with Gasteiger partial charge in [0.1, 0.15) is 0 Å². The van der Waals surface area contributed by atoms with Gasteiger partial charge in [-0.1, -0.05) is 30.3 Å². The average Bonchev–Trinajstić information content (AvgIpc) is 3.26. The molecular weight excluding hydrogens is 344 g/mol. The molecule has 1 aromatic heterocycles. The summed E-state index contributed by atoms with van der Waals surface area (Å²) >= 11 is 0. The van der Waals surface area contributed by atoms with E-state index in [0.29, 0.717) is 18.0 Å². The van der Waals surface area contributed by atoms with Crippen LogP contribution in [0.3, 0.4) is 0 Å². The standard InChI is InChI=1S/C21H20N2O2S/c1-15-21-7-4-10-22(21)11-12-23(15)26(24,25)18-8-9-20-17(14-18)13-16-5-2-3-6-19(16)20/h2-10,14-15H,11-13H2,1H3. The fourth-order valence-corrected chi connectivity index (χ4v) is 5.95. The van der Waals surface area contributed by atoms with Crippen molar-refractivity contribution >= 4 is 10.0 Å². The van der Waals surface area contributed by atoms with Crippen LogP contribution in [-0.4, -0.2) is 23.8 Å². The van der Waals surface area contributed by atoms with Crippen molar-refractivity contribution in [2.45, 2.75) is 30.8 Å². The van der Waals surface area contributed by atoms with E-state index < -0.39 is 10.0 Å². The Bertz CT molecular complexity index is 1110. The average molecular weight is 364 g/mol. The van der Waals surface area contributed by atoms with Gasteiger partial charge in [-0.05, 0) is 59.9 Å². The van der Waals surface area contributed by atoms with E-state index in [9.17, 15) is 8.42 Å². The highest BCUT2D eigenvalue weighted by Crippen LogP contribution is 2.39.